The molecule has 0 fully saturated rings. The molecule has 0 saturated heterocycles. The number of anilines is 1. The molecule has 5 nitrogen and oxygen atoms in total. The molecule has 6 heteroatoms. The van der Waals surface area contributed by atoms with Crippen molar-refractivity contribution in [2.45, 2.75) is 19.9 Å². The number of nitrogens with two attached hydrogens (primary N) is 1. The molecule has 100 valence electrons. The fourth-order valence-electron chi connectivity index (χ4n) is 1.78. The van der Waals surface area contributed by atoms with E-state index in [4.69, 9.17) is 16.0 Å². The number of amidine groups is 1. The predicted molar refractivity (Wildman–Crippen MR) is 76.2 cm³/mol. The minimum Gasteiger partial charge on any atom is -0.409 e. The Kier molecular flexibility index (Phi) is 5.43. The first-order valence-electron chi connectivity index (χ1n) is 5.66. The van der Waals surface area contributed by atoms with Crippen molar-refractivity contribution in [3.8, 4) is 0 Å². The summed E-state index contributed by atoms with van der Waals surface area (Å²) in [6, 6.07) is 5.69. The van der Waals surface area contributed by atoms with Gasteiger partial charge in [-0.05, 0) is 32.0 Å². The predicted octanol–water partition coefficient (Wildman–Crippen LogP) is 1.75. The average Bonchev–Trinajstić information content (AvgIpc) is 2.34. The highest BCUT2D eigenvalue weighted by Crippen LogP contribution is 2.26. The topological polar surface area (TPSA) is 82.1 Å². The second-order valence-corrected chi connectivity index (χ2v) is 5.07. The molecule has 0 bridgehead atoms. The Morgan fingerprint density at radius 2 is 2.17 bits per heavy atom. The van der Waals surface area contributed by atoms with Crippen LogP contribution in [0.4, 0.5) is 5.69 Å². The van der Waals surface area contributed by atoms with E-state index in [2.05, 4.69) is 21.1 Å². The summed E-state index contributed by atoms with van der Waals surface area (Å²) in [5, 5.41) is 21.0. The molecule has 0 atom stereocenters. The molecule has 18 heavy (non-hydrogen) atoms. The van der Waals surface area contributed by atoms with Crippen molar-refractivity contribution in [3.05, 3.63) is 28.2 Å². The molecule has 4 N–H and O–H groups in total. The standard InChI is InChI=1S/C12H18BrN3O2/c1-8(2)16(5-6-17)11-7-9(13)3-4-10(11)12(14)15-18/h3-4,7-8,17-18H,5-6H2,1-2H3,(H2,14,15). The molecule has 0 spiro atoms. The molecule has 0 aromatic heterocycles. The Labute approximate surface area is 115 Å². The van der Waals surface area contributed by atoms with Gasteiger partial charge in [-0.15, -0.1) is 0 Å². The van der Waals surface area contributed by atoms with Crippen molar-refractivity contribution >= 4 is 27.5 Å². The number of hydrogen-bond acceptors (Lipinski definition) is 4. The molecule has 0 radical (unpaired) electrons. The summed E-state index contributed by atoms with van der Waals surface area (Å²) in [6.07, 6.45) is 0. The second kappa shape index (κ2) is 6.61. The normalized spacial score (nSPS) is 11.9. The van der Waals surface area contributed by atoms with Crippen LogP contribution in [0.2, 0.25) is 0 Å². The summed E-state index contributed by atoms with van der Waals surface area (Å²) < 4.78 is 0.899. The van der Waals surface area contributed by atoms with Crippen LogP contribution < -0.4 is 10.6 Å². The van der Waals surface area contributed by atoms with Crippen LogP contribution in [0.15, 0.2) is 27.8 Å². The fourth-order valence-corrected chi connectivity index (χ4v) is 2.13. The number of nitrogens with zero attached hydrogens (tertiary/aromatic N) is 2. The maximum absolute atomic E-state index is 9.14. The highest BCUT2D eigenvalue weighted by atomic mass is 79.9. The molecule has 0 aliphatic heterocycles. The number of rotatable bonds is 5. The van der Waals surface area contributed by atoms with E-state index in [0.717, 1.165) is 10.2 Å². The number of benzene rings is 1. The van der Waals surface area contributed by atoms with Crippen molar-refractivity contribution in [2.24, 2.45) is 10.9 Å². The molecule has 0 saturated carbocycles. The lowest BCUT2D eigenvalue weighted by Crippen LogP contribution is -2.35. The van der Waals surface area contributed by atoms with Crippen LogP contribution in [0.25, 0.3) is 0 Å². The smallest absolute Gasteiger partial charge is 0.172 e. The lowest BCUT2D eigenvalue weighted by atomic mass is 10.1. The van der Waals surface area contributed by atoms with E-state index in [-0.39, 0.29) is 18.5 Å². The van der Waals surface area contributed by atoms with Crippen LogP contribution in [0, 0.1) is 0 Å². The Balaban J connectivity index is 3.30. The van der Waals surface area contributed by atoms with Crippen molar-refractivity contribution in [1.82, 2.24) is 0 Å². The van der Waals surface area contributed by atoms with Crippen molar-refractivity contribution in [3.63, 3.8) is 0 Å². The number of oxime groups is 1. The second-order valence-electron chi connectivity index (χ2n) is 4.16. The van der Waals surface area contributed by atoms with Gasteiger partial charge < -0.3 is 20.9 Å². The molecule has 1 aromatic carbocycles. The highest BCUT2D eigenvalue weighted by molar-refractivity contribution is 9.10. The average molecular weight is 316 g/mol. The Hall–Kier alpha value is -1.27. The van der Waals surface area contributed by atoms with Gasteiger partial charge >= 0.3 is 0 Å². The lowest BCUT2D eigenvalue weighted by Gasteiger charge is -2.30. The number of hydrogen-bond donors (Lipinski definition) is 3. The van der Waals surface area contributed by atoms with Crippen molar-refractivity contribution < 1.29 is 10.3 Å². The van der Waals surface area contributed by atoms with Crippen molar-refractivity contribution in [1.29, 1.82) is 0 Å². The van der Waals surface area contributed by atoms with Crippen LogP contribution in [-0.2, 0) is 0 Å². The zero-order valence-electron chi connectivity index (χ0n) is 10.5. The minimum atomic E-state index is 0.0420. The van der Waals surface area contributed by atoms with Gasteiger partial charge in [0.25, 0.3) is 0 Å². The van der Waals surface area contributed by atoms with E-state index in [9.17, 15) is 0 Å². The minimum absolute atomic E-state index is 0.0420. The van der Waals surface area contributed by atoms with E-state index >= 15 is 0 Å². The third-order valence-electron chi connectivity index (χ3n) is 2.62. The van der Waals surface area contributed by atoms with E-state index < -0.39 is 0 Å². The first-order valence-corrected chi connectivity index (χ1v) is 6.45. The first-order chi connectivity index (χ1) is 8.51. The van der Waals surface area contributed by atoms with Gasteiger partial charge in [0.2, 0.25) is 0 Å². The molecule has 0 heterocycles. The molecule has 0 amide bonds. The molecule has 1 rings (SSSR count). The van der Waals surface area contributed by atoms with Crippen molar-refractivity contribution in [2.75, 3.05) is 18.1 Å². The SMILES string of the molecule is CC(C)N(CCO)c1cc(Br)ccc1/C(N)=N/O. The molecule has 1 aromatic rings. The highest BCUT2D eigenvalue weighted by Gasteiger charge is 2.16. The maximum atomic E-state index is 9.14. The summed E-state index contributed by atoms with van der Waals surface area (Å²) in [5.41, 5.74) is 7.14. The van der Waals surface area contributed by atoms with Crippen LogP contribution in [0.1, 0.15) is 19.4 Å². The summed E-state index contributed by atoms with van der Waals surface area (Å²) in [5.74, 6) is 0.0566. The van der Waals surface area contributed by atoms with E-state index in [1.165, 1.54) is 0 Å². The largest absolute Gasteiger partial charge is 0.409 e. The van der Waals surface area contributed by atoms with Gasteiger partial charge in [-0.2, -0.15) is 0 Å². The molecule has 0 unspecified atom stereocenters. The number of aliphatic hydroxyl groups excluding tert-OH is 1. The number of halogens is 1. The molecule has 0 aliphatic carbocycles. The zero-order chi connectivity index (χ0) is 13.7. The Morgan fingerprint density at radius 3 is 2.67 bits per heavy atom. The van der Waals surface area contributed by atoms with Crippen LogP contribution >= 0.6 is 15.9 Å². The molecular weight excluding hydrogens is 298 g/mol. The van der Waals surface area contributed by atoms with Crippen LogP contribution in [0.5, 0.6) is 0 Å². The Morgan fingerprint density at radius 1 is 1.50 bits per heavy atom. The van der Waals surface area contributed by atoms with Gasteiger partial charge in [0.1, 0.15) is 0 Å². The molecule has 0 aliphatic rings. The summed E-state index contributed by atoms with van der Waals surface area (Å²) >= 11 is 3.40. The monoisotopic (exact) mass is 315 g/mol. The molecular formula is C12H18BrN3O2. The summed E-state index contributed by atoms with van der Waals surface area (Å²) in [6.45, 7) is 4.57. The van der Waals surface area contributed by atoms with Gasteiger partial charge in [-0.25, -0.2) is 0 Å². The van der Waals surface area contributed by atoms with E-state index in [1.54, 1.807) is 6.07 Å². The fraction of sp³-hybridized carbons (Fsp3) is 0.417. The lowest BCUT2D eigenvalue weighted by molar-refractivity contribution is 0.299. The van der Waals surface area contributed by atoms with Gasteiger partial charge in [0.15, 0.2) is 5.84 Å². The van der Waals surface area contributed by atoms with Gasteiger partial charge in [0, 0.05) is 28.3 Å². The van der Waals surface area contributed by atoms with Gasteiger partial charge in [-0.1, -0.05) is 21.1 Å². The summed E-state index contributed by atoms with van der Waals surface area (Å²) in [4.78, 5) is 2.00. The Bertz CT molecular complexity index is 435. The summed E-state index contributed by atoms with van der Waals surface area (Å²) in [7, 11) is 0. The maximum Gasteiger partial charge on any atom is 0.172 e. The first kappa shape index (κ1) is 14.8. The third kappa shape index (κ3) is 3.36. The van der Waals surface area contributed by atoms with Crippen LogP contribution in [0.3, 0.4) is 0 Å². The van der Waals surface area contributed by atoms with E-state index in [0.29, 0.717) is 12.1 Å². The zero-order valence-corrected chi connectivity index (χ0v) is 12.1. The van der Waals surface area contributed by atoms with Gasteiger partial charge in [-0.3, -0.25) is 0 Å². The number of aliphatic hydroxyl groups is 1. The van der Waals surface area contributed by atoms with Crippen LogP contribution in [-0.4, -0.2) is 35.3 Å². The quantitative estimate of drug-likeness (QED) is 0.334. The van der Waals surface area contributed by atoms with Gasteiger partial charge in [0.05, 0.1) is 6.61 Å². The third-order valence-corrected chi connectivity index (χ3v) is 3.11. The van der Waals surface area contributed by atoms with E-state index in [1.807, 2.05) is 30.9 Å².